The molecule has 1 unspecified atom stereocenters. The molecule has 1 saturated heterocycles. The Morgan fingerprint density at radius 3 is 2.65 bits per heavy atom. The zero-order valence-corrected chi connectivity index (χ0v) is 19.7. The van der Waals surface area contributed by atoms with E-state index in [-0.39, 0.29) is 35.5 Å². The van der Waals surface area contributed by atoms with Gasteiger partial charge in [0, 0.05) is 24.2 Å². The van der Waals surface area contributed by atoms with Gasteiger partial charge in [-0.3, -0.25) is 9.59 Å². The van der Waals surface area contributed by atoms with Crippen molar-refractivity contribution in [1.29, 1.82) is 0 Å². The van der Waals surface area contributed by atoms with E-state index in [4.69, 9.17) is 4.52 Å². The fourth-order valence-electron chi connectivity index (χ4n) is 4.04. The van der Waals surface area contributed by atoms with E-state index in [1.807, 2.05) is 12.1 Å². The number of nitrogens with zero attached hydrogens (tertiary/aromatic N) is 3. The summed E-state index contributed by atoms with van der Waals surface area (Å²) in [5.74, 6) is -0.158. The molecule has 1 aliphatic heterocycles. The Morgan fingerprint density at radius 1 is 1.18 bits per heavy atom. The summed E-state index contributed by atoms with van der Waals surface area (Å²) in [5.41, 5.74) is 2.21. The first-order valence-electron chi connectivity index (χ1n) is 11.5. The Kier molecular flexibility index (Phi) is 6.77. The third-order valence-electron chi connectivity index (χ3n) is 6.06. The van der Waals surface area contributed by atoms with Crippen LogP contribution in [0.1, 0.15) is 61.3 Å². The first kappa shape index (κ1) is 23.6. The highest BCUT2D eigenvalue weighted by Crippen LogP contribution is 2.28. The Balaban J connectivity index is 1.33. The second-order valence-corrected chi connectivity index (χ2v) is 9.66. The van der Waals surface area contributed by atoms with Crippen molar-refractivity contribution >= 4 is 11.8 Å². The Morgan fingerprint density at radius 2 is 1.94 bits per heavy atom. The van der Waals surface area contributed by atoms with Crippen molar-refractivity contribution in [3.8, 4) is 11.4 Å². The molecule has 1 aliphatic rings. The average molecular weight is 465 g/mol. The maximum Gasteiger partial charge on any atom is 0.251 e. The van der Waals surface area contributed by atoms with Gasteiger partial charge in [0.15, 0.2) is 0 Å². The van der Waals surface area contributed by atoms with Gasteiger partial charge >= 0.3 is 0 Å². The van der Waals surface area contributed by atoms with E-state index in [0.717, 1.165) is 18.4 Å². The molecular formula is C26H29FN4O3. The predicted octanol–water partition coefficient (Wildman–Crippen LogP) is 4.31. The van der Waals surface area contributed by atoms with Crippen LogP contribution in [-0.2, 0) is 10.2 Å². The van der Waals surface area contributed by atoms with Crippen molar-refractivity contribution in [2.24, 2.45) is 0 Å². The van der Waals surface area contributed by atoms with Crippen molar-refractivity contribution in [1.82, 2.24) is 20.4 Å². The average Bonchev–Trinajstić information content (AvgIpc) is 3.32. The molecule has 1 N–H and O–H groups in total. The van der Waals surface area contributed by atoms with Gasteiger partial charge in [-0.15, -0.1) is 0 Å². The third-order valence-corrected chi connectivity index (χ3v) is 6.06. The highest BCUT2D eigenvalue weighted by molar-refractivity contribution is 5.96. The number of rotatable bonds is 5. The van der Waals surface area contributed by atoms with Crippen molar-refractivity contribution in [2.75, 3.05) is 19.6 Å². The van der Waals surface area contributed by atoms with Gasteiger partial charge in [0.25, 0.3) is 5.91 Å². The first-order chi connectivity index (χ1) is 16.2. The molecule has 1 aromatic heterocycles. The van der Waals surface area contributed by atoms with Crippen LogP contribution in [0.5, 0.6) is 0 Å². The number of halogens is 1. The number of carbonyl (C=O) groups excluding carboxylic acids is 2. The molecule has 0 radical (unpaired) electrons. The quantitative estimate of drug-likeness (QED) is 0.608. The minimum atomic E-state index is -0.370. The van der Waals surface area contributed by atoms with Crippen LogP contribution in [0.2, 0.25) is 0 Å². The number of nitrogens with one attached hydrogen (secondary N) is 1. The predicted molar refractivity (Wildman–Crippen MR) is 126 cm³/mol. The fourth-order valence-corrected chi connectivity index (χ4v) is 4.04. The lowest BCUT2D eigenvalue weighted by Gasteiger charge is -2.31. The van der Waals surface area contributed by atoms with Gasteiger partial charge < -0.3 is 14.7 Å². The molecule has 4 rings (SSSR count). The number of benzene rings is 2. The summed E-state index contributed by atoms with van der Waals surface area (Å²) in [6.45, 7) is 7.30. The van der Waals surface area contributed by atoms with Crippen LogP contribution in [-0.4, -0.2) is 46.5 Å². The summed E-state index contributed by atoms with van der Waals surface area (Å²) >= 11 is 0. The van der Waals surface area contributed by atoms with Crippen molar-refractivity contribution < 1.29 is 18.5 Å². The minimum absolute atomic E-state index is 0.00614. The van der Waals surface area contributed by atoms with Crippen LogP contribution in [0.4, 0.5) is 4.39 Å². The number of hydrogen-bond donors (Lipinski definition) is 1. The summed E-state index contributed by atoms with van der Waals surface area (Å²) in [4.78, 5) is 31.4. The van der Waals surface area contributed by atoms with Gasteiger partial charge in [0.2, 0.25) is 17.6 Å². The van der Waals surface area contributed by atoms with Crippen LogP contribution in [0, 0.1) is 5.82 Å². The highest BCUT2D eigenvalue weighted by atomic mass is 19.1. The molecule has 34 heavy (non-hydrogen) atoms. The standard InChI is InChI=1S/C26H29FN4O3/c1-26(2,3)20-11-9-17(10-12-20)24(33)28-15-22(32)31-13-5-7-19(16-31)25-29-23(30-34-25)18-6-4-8-21(27)14-18/h4,6,8-12,14,19H,5,7,13,15-16H2,1-3H3,(H,28,33). The number of likely N-dealkylation sites (tertiary alicyclic amines) is 1. The number of hydrogen-bond acceptors (Lipinski definition) is 5. The minimum Gasteiger partial charge on any atom is -0.343 e. The van der Waals surface area contributed by atoms with E-state index >= 15 is 0 Å². The first-order valence-corrected chi connectivity index (χ1v) is 11.5. The summed E-state index contributed by atoms with van der Waals surface area (Å²) < 4.78 is 18.9. The lowest BCUT2D eigenvalue weighted by atomic mass is 9.87. The Labute approximate surface area is 198 Å². The van der Waals surface area contributed by atoms with E-state index in [1.165, 1.54) is 12.1 Å². The monoisotopic (exact) mass is 464 g/mol. The molecule has 3 aromatic rings. The van der Waals surface area contributed by atoms with Gasteiger partial charge in [0.1, 0.15) is 5.82 Å². The van der Waals surface area contributed by atoms with Gasteiger partial charge in [-0.25, -0.2) is 4.39 Å². The maximum atomic E-state index is 13.5. The molecule has 0 spiro atoms. The van der Waals surface area contributed by atoms with Gasteiger partial charge in [-0.05, 0) is 48.1 Å². The van der Waals surface area contributed by atoms with Crippen LogP contribution < -0.4 is 5.32 Å². The van der Waals surface area contributed by atoms with E-state index in [9.17, 15) is 14.0 Å². The van der Waals surface area contributed by atoms with Gasteiger partial charge in [-0.1, -0.05) is 50.2 Å². The third kappa shape index (κ3) is 5.50. The van der Waals surface area contributed by atoms with E-state index in [0.29, 0.717) is 35.9 Å². The van der Waals surface area contributed by atoms with E-state index < -0.39 is 0 Å². The van der Waals surface area contributed by atoms with E-state index in [2.05, 4.69) is 36.2 Å². The molecule has 1 fully saturated rings. The summed E-state index contributed by atoms with van der Waals surface area (Å²) in [6, 6.07) is 13.5. The molecule has 0 aliphatic carbocycles. The molecule has 0 bridgehead atoms. The smallest absolute Gasteiger partial charge is 0.251 e. The Bertz CT molecular complexity index is 1170. The van der Waals surface area contributed by atoms with Crippen molar-refractivity contribution in [3.63, 3.8) is 0 Å². The van der Waals surface area contributed by atoms with Crippen molar-refractivity contribution in [2.45, 2.75) is 44.9 Å². The SMILES string of the molecule is CC(C)(C)c1ccc(C(=O)NCC(=O)N2CCCC(c3nc(-c4cccc(F)c4)no3)C2)cc1. The molecule has 7 nitrogen and oxygen atoms in total. The van der Waals surface area contributed by atoms with Gasteiger partial charge in [-0.2, -0.15) is 4.98 Å². The lowest BCUT2D eigenvalue weighted by molar-refractivity contribution is -0.131. The number of piperidine rings is 1. The second-order valence-electron chi connectivity index (χ2n) is 9.66. The van der Waals surface area contributed by atoms with Crippen LogP contribution >= 0.6 is 0 Å². The van der Waals surface area contributed by atoms with E-state index in [1.54, 1.807) is 29.2 Å². The molecule has 2 amide bonds. The second kappa shape index (κ2) is 9.75. The normalized spacial score (nSPS) is 16.4. The Hall–Kier alpha value is -3.55. The molecule has 2 aromatic carbocycles. The fraction of sp³-hybridized carbons (Fsp3) is 0.385. The van der Waals surface area contributed by atoms with Crippen LogP contribution in [0.3, 0.4) is 0 Å². The molecule has 8 heteroatoms. The molecule has 178 valence electrons. The molecule has 2 heterocycles. The number of amides is 2. The van der Waals surface area contributed by atoms with Crippen molar-refractivity contribution in [3.05, 3.63) is 71.4 Å². The number of aromatic nitrogens is 2. The summed E-state index contributed by atoms with van der Waals surface area (Å²) in [6.07, 6.45) is 1.59. The maximum absolute atomic E-state index is 13.5. The zero-order chi connectivity index (χ0) is 24.3. The van der Waals surface area contributed by atoms with Gasteiger partial charge in [0.05, 0.1) is 12.5 Å². The lowest BCUT2D eigenvalue weighted by Crippen LogP contribution is -2.44. The molecule has 1 atom stereocenters. The summed E-state index contributed by atoms with van der Waals surface area (Å²) in [7, 11) is 0. The summed E-state index contributed by atoms with van der Waals surface area (Å²) in [5, 5.41) is 6.70. The number of carbonyl (C=O) groups is 2. The molecule has 0 saturated carbocycles. The zero-order valence-electron chi connectivity index (χ0n) is 19.7. The molecular weight excluding hydrogens is 435 g/mol. The highest BCUT2D eigenvalue weighted by Gasteiger charge is 2.29. The van der Waals surface area contributed by atoms with Crippen LogP contribution in [0.25, 0.3) is 11.4 Å². The topological polar surface area (TPSA) is 88.3 Å². The van der Waals surface area contributed by atoms with Crippen LogP contribution in [0.15, 0.2) is 53.1 Å². The largest absolute Gasteiger partial charge is 0.343 e.